The van der Waals surface area contributed by atoms with E-state index in [1.165, 1.54) is 19.1 Å². The third-order valence-corrected chi connectivity index (χ3v) is 5.60. The summed E-state index contributed by atoms with van der Waals surface area (Å²) >= 11 is 0. The molecule has 1 amide bonds. The van der Waals surface area contributed by atoms with E-state index in [0.29, 0.717) is 31.1 Å². The first-order chi connectivity index (χ1) is 15.5. The Bertz CT molecular complexity index is 1070. The number of rotatable bonds is 7. The van der Waals surface area contributed by atoms with Crippen LogP contribution in [0.2, 0.25) is 0 Å². The smallest absolute Gasteiger partial charge is 0.287 e. The van der Waals surface area contributed by atoms with Crippen LogP contribution in [0.25, 0.3) is 11.3 Å². The fraction of sp³-hybridized carbons (Fsp3) is 0.280. The second kappa shape index (κ2) is 9.89. The average Bonchev–Trinajstić information content (AvgIpc) is 3.31. The first-order valence-corrected chi connectivity index (χ1v) is 10.6. The summed E-state index contributed by atoms with van der Waals surface area (Å²) in [7, 11) is 0. The summed E-state index contributed by atoms with van der Waals surface area (Å²) in [5, 5.41) is 2.94. The highest BCUT2D eigenvalue weighted by molar-refractivity contribution is 5.94. The predicted molar refractivity (Wildman–Crippen MR) is 118 cm³/mol. The van der Waals surface area contributed by atoms with E-state index in [1.807, 2.05) is 0 Å². The van der Waals surface area contributed by atoms with E-state index in [2.05, 4.69) is 10.2 Å². The van der Waals surface area contributed by atoms with Crippen molar-refractivity contribution in [1.29, 1.82) is 0 Å². The summed E-state index contributed by atoms with van der Waals surface area (Å²) < 4.78 is 24.6. The molecule has 1 N–H and O–H groups in total. The van der Waals surface area contributed by atoms with Gasteiger partial charge in [0.25, 0.3) is 5.91 Å². The molecule has 1 aliphatic heterocycles. The van der Waals surface area contributed by atoms with Crippen molar-refractivity contribution in [2.75, 3.05) is 32.8 Å². The molecule has 0 bridgehead atoms. The van der Waals surface area contributed by atoms with Gasteiger partial charge in [0.2, 0.25) is 0 Å². The van der Waals surface area contributed by atoms with Gasteiger partial charge in [-0.2, -0.15) is 0 Å². The number of halogens is 1. The Morgan fingerprint density at radius 1 is 1.00 bits per heavy atom. The third kappa shape index (κ3) is 5.12. The maximum Gasteiger partial charge on any atom is 0.287 e. The summed E-state index contributed by atoms with van der Waals surface area (Å²) in [6, 6.07) is 16.7. The van der Waals surface area contributed by atoms with Crippen LogP contribution in [-0.2, 0) is 4.74 Å². The van der Waals surface area contributed by atoms with Crippen LogP contribution in [0.15, 0.2) is 65.1 Å². The van der Waals surface area contributed by atoms with Crippen molar-refractivity contribution < 1.29 is 23.1 Å². The highest BCUT2D eigenvalue weighted by atomic mass is 19.1. The van der Waals surface area contributed by atoms with E-state index in [9.17, 15) is 14.0 Å². The first kappa shape index (κ1) is 21.9. The SMILES string of the molecule is CC(=O)c1ccc(-c2ccc(C(=O)NC[C@H](c3ccc(F)cc3)N3CCOCC3)o2)cc1. The number of hydrogen-bond acceptors (Lipinski definition) is 5. The van der Waals surface area contributed by atoms with Crippen molar-refractivity contribution >= 4 is 11.7 Å². The normalized spacial score (nSPS) is 15.3. The van der Waals surface area contributed by atoms with Crippen molar-refractivity contribution in [2.24, 2.45) is 0 Å². The number of nitrogens with one attached hydrogen (secondary N) is 1. The number of benzene rings is 2. The van der Waals surface area contributed by atoms with Crippen molar-refractivity contribution in [3.8, 4) is 11.3 Å². The van der Waals surface area contributed by atoms with E-state index < -0.39 is 0 Å². The van der Waals surface area contributed by atoms with Crippen LogP contribution in [0.4, 0.5) is 4.39 Å². The van der Waals surface area contributed by atoms with Gasteiger partial charge in [-0.05, 0) is 36.8 Å². The van der Waals surface area contributed by atoms with Gasteiger partial charge in [-0.25, -0.2) is 4.39 Å². The number of ketones is 1. The van der Waals surface area contributed by atoms with E-state index in [0.717, 1.165) is 24.2 Å². The summed E-state index contributed by atoms with van der Waals surface area (Å²) in [4.78, 5) is 26.4. The highest BCUT2D eigenvalue weighted by Gasteiger charge is 2.24. The van der Waals surface area contributed by atoms with Crippen LogP contribution in [0.3, 0.4) is 0 Å². The van der Waals surface area contributed by atoms with Crippen molar-refractivity contribution in [1.82, 2.24) is 10.2 Å². The lowest BCUT2D eigenvalue weighted by atomic mass is 10.0. The second-order valence-corrected chi connectivity index (χ2v) is 7.72. The fourth-order valence-corrected chi connectivity index (χ4v) is 3.79. The maximum atomic E-state index is 13.4. The topological polar surface area (TPSA) is 71.8 Å². The number of ether oxygens (including phenoxy) is 1. The van der Waals surface area contributed by atoms with Crippen LogP contribution in [-0.4, -0.2) is 49.4 Å². The predicted octanol–water partition coefficient (Wildman–Crippen LogP) is 4.09. The molecule has 0 saturated carbocycles. The third-order valence-electron chi connectivity index (χ3n) is 5.60. The molecule has 1 aromatic heterocycles. The second-order valence-electron chi connectivity index (χ2n) is 7.72. The Hall–Kier alpha value is -3.29. The minimum atomic E-state index is -0.322. The van der Waals surface area contributed by atoms with Crippen LogP contribution in [0.1, 0.15) is 39.4 Å². The summed E-state index contributed by atoms with van der Waals surface area (Å²) in [5.41, 5.74) is 2.33. The molecule has 0 radical (unpaired) electrons. The lowest BCUT2D eigenvalue weighted by Crippen LogP contribution is -2.43. The molecular weight excluding hydrogens is 411 g/mol. The van der Waals surface area contributed by atoms with Gasteiger partial charge in [0, 0.05) is 30.8 Å². The number of carbonyl (C=O) groups is 2. The zero-order valence-corrected chi connectivity index (χ0v) is 17.8. The molecule has 0 unspecified atom stereocenters. The Labute approximate surface area is 186 Å². The molecule has 4 rings (SSSR count). The molecule has 6 nitrogen and oxygen atoms in total. The molecule has 2 heterocycles. The molecule has 32 heavy (non-hydrogen) atoms. The Morgan fingerprint density at radius 2 is 1.69 bits per heavy atom. The Kier molecular flexibility index (Phi) is 6.78. The minimum absolute atomic E-state index is 0.00737. The number of amides is 1. The molecule has 166 valence electrons. The molecule has 2 aromatic carbocycles. The van der Waals surface area contributed by atoms with E-state index in [-0.39, 0.29) is 29.3 Å². The molecular formula is C25H25FN2O4. The van der Waals surface area contributed by atoms with Crippen molar-refractivity contribution in [2.45, 2.75) is 13.0 Å². The lowest BCUT2D eigenvalue weighted by Gasteiger charge is -2.34. The molecule has 1 fully saturated rings. The van der Waals surface area contributed by atoms with Gasteiger partial charge in [0.15, 0.2) is 11.5 Å². The minimum Gasteiger partial charge on any atom is -0.451 e. The average molecular weight is 436 g/mol. The number of carbonyl (C=O) groups excluding carboxylic acids is 2. The number of furan rings is 1. The van der Waals surface area contributed by atoms with Crippen molar-refractivity contribution in [3.05, 3.63) is 83.4 Å². The van der Waals surface area contributed by atoms with E-state index in [4.69, 9.17) is 9.15 Å². The van der Waals surface area contributed by atoms with Crippen LogP contribution >= 0.6 is 0 Å². The van der Waals surface area contributed by atoms with Crippen LogP contribution < -0.4 is 5.32 Å². The summed E-state index contributed by atoms with van der Waals surface area (Å²) in [6.07, 6.45) is 0. The molecule has 3 aromatic rings. The zero-order valence-electron chi connectivity index (χ0n) is 17.8. The van der Waals surface area contributed by atoms with Gasteiger partial charge in [0.05, 0.1) is 19.3 Å². The van der Waals surface area contributed by atoms with Gasteiger partial charge in [-0.15, -0.1) is 0 Å². The molecule has 1 atom stereocenters. The summed E-state index contributed by atoms with van der Waals surface area (Å²) in [5.74, 6) is 0.131. The quantitative estimate of drug-likeness (QED) is 0.565. The molecule has 0 aliphatic carbocycles. The monoisotopic (exact) mass is 436 g/mol. The standard InChI is InChI=1S/C25H25FN2O4/c1-17(29)18-2-4-20(5-3-18)23-10-11-24(32-23)25(30)27-16-22(28-12-14-31-15-13-28)19-6-8-21(26)9-7-19/h2-11,22H,12-16H2,1H3,(H,27,30)/t22-/m1/s1. The van der Waals surface area contributed by atoms with Gasteiger partial charge >= 0.3 is 0 Å². The number of nitrogens with zero attached hydrogens (tertiary/aromatic N) is 1. The van der Waals surface area contributed by atoms with E-state index >= 15 is 0 Å². The fourth-order valence-electron chi connectivity index (χ4n) is 3.79. The molecule has 1 aliphatic rings. The van der Waals surface area contributed by atoms with Gasteiger partial charge < -0.3 is 14.5 Å². The first-order valence-electron chi connectivity index (χ1n) is 10.6. The van der Waals surface area contributed by atoms with Gasteiger partial charge in [0.1, 0.15) is 11.6 Å². The maximum absolute atomic E-state index is 13.4. The van der Waals surface area contributed by atoms with Crippen molar-refractivity contribution in [3.63, 3.8) is 0 Å². The number of hydrogen-bond donors (Lipinski definition) is 1. The number of Topliss-reactive ketones (excluding diaryl/α,β-unsaturated/α-hetero) is 1. The molecule has 0 spiro atoms. The van der Waals surface area contributed by atoms with E-state index in [1.54, 1.807) is 48.5 Å². The molecule has 1 saturated heterocycles. The number of morpholine rings is 1. The highest BCUT2D eigenvalue weighted by Crippen LogP contribution is 2.24. The zero-order chi connectivity index (χ0) is 22.5. The Morgan fingerprint density at radius 3 is 2.34 bits per heavy atom. The van der Waals surface area contributed by atoms with Crippen LogP contribution in [0, 0.1) is 5.82 Å². The molecule has 7 heteroatoms. The van der Waals surface area contributed by atoms with Crippen LogP contribution in [0.5, 0.6) is 0 Å². The largest absolute Gasteiger partial charge is 0.451 e. The Balaban J connectivity index is 1.45. The van der Waals surface area contributed by atoms with Gasteiger partial charge in [-0.3, -0.25) is 14.5 Å². The lowest BCUT2D eigenvalue weighted by molar-refractivity contribution is 0.0161. The van der Waals surface area contributed by atoms with Gasteiger partial charge in [-0.1, -0.05) is 36.4 Å². The summed E-state index contributed by atoms with van der Waals surface area (Å²) in [6.45, 7) is 4.58.